The highest BCUT2D eigenvalue weighted by Gasteiger charge is 2.24. The molecule has 32 heavy (non-hydrogen) atoms. The van der Waals surface area contributed by atoms with Gasteiger partial charge in [0, 0.05) is 42.4 Å². The summed E-state index contributed by atoms with van der Waals surface area (Å²) in [7, 11) is 8.92. The molecule has 0 N–H and O–H groups in total. The zero-order chi connectivity index (χ0) is 22.6. The Hall–Kier alpha value is -2.69. The maximum Gasteiger partial charge on any atom is 0.0982 e. The fourth-order valence-corrected chi connectivity index (χ4v) is 5.30. The first-order chi connectivity index (χ1) is 15.4. The molecule has 0 bridgehead atoms. The number of benzene rings is 2. The minimum Gasteiger partial charge on any atom is -0.358 e. The standard InChI is InChI=1S/C28H34N3S/c1-29-26-16-10-11-17-27(26)32-28(29)18-7-5-6-13-23-19-21-30(20-12-22-31(2,3)4)25-15-9-8-14-24(23)25/h5-11,13-19,21,28H,12,20,22H2,1-4H3/q+1. The van der Waals surface area contributed by atoms with Gasteiger partial charge in [0.25, 0.3) is 0 Å². The molecule has 0 fully saturated rings. The van der Waals surface area contributed by atoms with E-state index in [4.69, 9.17) is 0 Å². The Morgan fingerprint density at radius 1 is 0.938 bits per heavy atom. The fourth-order valence-electron chi connectivity index (χ4n) is 4.11. The number of rotatable bonds is 7. The van der Waals surface area contributed by atoms with Crippen LogP contribution in [0.1, 0.15) is 12.0 Å². The number of allylic oxidation sites excluding steroid dienone is 6. The summed E-state index contributed by atoms with van der Waals surface area (Å²) in [5, 5.41) is 0.347. The van der Waals surface area contributed by atoms with Crippen LogP contribution >= 0.6 is 11.8 Å². The molecule has 2 aliphatic rings. The number of thioether (sulfide) groups is 1. The van der Waals surface area contributed by atoms with E-state index in [9.17, 15) is 0 Å². The molecule has 2 aliphatic heterocycles. The molecule has 3 nitrogen and oxygen atoms in total. The Morgan fingerprint density at radius 2 is 1.69 bits per heavy atom. The number of quaternary nitrogens is 1. The van der Waals surface area contributed by atoms with Gasteiger partial charge in [-0.15, -0.1) is 0 Å². The first-order valence-electron chi connectivity index (χ1n) is 11.3. The Labute approximate surface area is 197 Å². The van der Waals surface area contributed by atoms with Crippen molar-refractivity contribution in [3.63, 3.8) is 0 Å². The minimum absolute atomic E-state index is 0.347. The van der Waals surface area contributed by atoms with Gasteiger partial charge in [-0.05, 0) is 29.8 Å². The SMILES string of the molecule is CN1c2ccccc2SC1C=CC=CC=C1C=CN(CCC[N+](C)(C)C)c2ccccc21. The third-order valence-electron chi connectivity index (χ3n) is 5.83. The van der Waals surface area contributed by atoms with Crippen molar-refractivity contribution in [1.29, 1.82) is 0 Å². The average Bonchev–Trinajstić information content (AvgIpc) is 3.09. The van der Waals surface area contributed by atoms with E-state index in [-0.39, 0.29) is 0 Å². The van der Waals surface area contributed by atoms with Crippen LogP contribution in [0.2, 0.25) is 0 Å². The molecular formula is C28H34N3S+. The lowest BCUT2D eigenvalue weighted by Crippen LogP contribution is -2.37. The highest BCUT2D eigenvalue weighted by Crippen LogP contribution is 2.42. The number of para-hydroxylation sites is 2. The van der Waals surface area contributed by atoms with Gasteiger partial charge >= 0.3 is 0 Å². The maximum absolute atomic E-state index is 2.39. The molecular weight excluding hydrogens is 410 g/mol. The molecule has 2 aromatic rings. The Balaban J connectivity index is 1.40. The summed E-state index contributed by atoms with van der Waals surface area (Å²) in [4.78, 5) is 6.07. The minimum atomic E-state index is 0.347. The van der Waals surface area contributed by atoms with E-state index in [1.54, 1.807) is 0 Å². The van der Waals surface area contributed by atoms with Crippen LogP contribution in [0, 0.1) is 0 Å². The lowest BCUT2D eigenvalue weighted by Gasteiger charge is -2.29. The molecule has 1 atom stereocenters. The van der Waals surface area contributed by atoms with Crippen LogP contribution in [0.3, 0.4) is 0 Å². The Morgan fingerprint density at radius 3 is 2.47 bits per heavy atom. The van der Waals surface area contributed by atoms with Gasteiger partial charge < -0.3 is 14.3 Å². The van der Waals surface area contributed by atoms with E-state index in [1.807, 2.05) is 11.8 Å². The summed E-state index contributed by atoms with van der Waals surface area (Å²) < 4.78 is 1.00. The molecule has 0 spiro atoms. The van der Waals surface area contributed by atoms with Crippen molar-refractivity contribution in [2.24, 2.45) is 0 Å². The topological polar surface area (TPSA) is 6.48 Å². The van der Waals surface area contributed by atoms with Crippen molar-refractivity contribution < 1.29 is 4.48 Å². The summed E-state index contributed by atoms with van der Waals surface area (Å²) in [6.45, 7) is 2.22. The second kappa shape index (κ2) is 9.85. The molecule has 0 saturated heterocycles. The third kappa shape index (κ3) is 5.37. The van der Waals surface area contributed by atoms with Gasteiger partial charge in [-0.25, -0.2) is 0 Å². The lowest BCUT2D eigenvalue weighted by molar-refractivity contribution is -0.870. The van der Waals surface area contributed by atoms with Crippen LogP contribution in [0.5, 0.6) is 0 Å². The van der Waals surface area contributed by atoms with Crippen LogP contribution < -0.4 is 9.80 Å². The van der Waals surface area contributed by atoms with Crippen LogP contribution in [0.15, 0.2) is 96.1 Å². The summed E-state index contributed by atoms with van der Waals surface area (Å²) >= 11 is 1.90. The van der Waals surface area contributed by atoms with E-state index in [2.05, 4.69) is 129 Å². The predicted octanol–water partition coefficient (Wildman–Crippen LogP) is 6.18. The number of hydrogen-bond donors (Lipinski definition) is 0. The van der Waals surface area contributed by atoms with E-state index < -0.39 is 0 Å². The summed E-state index contributed by atoms with van der Waals surface area (Å²) in [5.74, 6) is 0. The van der Waals surface area contributed by atoms with Crippen molar-refractivity contribution >= 4 is 28.7 Å². The van der Waals surface area contributed by atoms with Crippen LogP contribution in [0.25, 0.3) is 5.57 Å². The zero-order valence-corrected chi connectivity index (χ0v) is 20.4. The molecule has 0 aromatic heterocycles. The van der Waals surface area contributed by atoms with Gasteiger partial charge in [0.05, 0.1) is 38.7 Å². The van der Waals surface area contributed by atoms with Gasteiger partial charge in [0.2, 0.25) is 0 Å². The van der Waals surface area contributed by atoms with E-state index >= 15 is 0 Å². The molecule has 0 saturated carbocycles. The molecule has 2 aromatic carbocycles. The predicted molar refractivity (Wildman–Crippen MR) is 141 cm³/mol. The normalized spacial score (nSPS) is 19.4. The number of likely N-dealkylation sites (N-methyl/N-ethyl adjacent to an activating group) is 1. The lowest BCUT2D eigenvalue weighted by atomic mass is 9.99. The molecule has 0 amide bonds. The zero-order valence-electron chi connectivity index (χ0n) is 19.6. The smallest absolute Gasteiger partial charge is 0.0982 e. The highest BCUT2D eigenvalue weighted by molar-refractivity contribution is 8.00. The molecule has 166 valence electrons. The van der Waals surface area contributed by atoms with Gasteiger partial charge in [-0.1, -0.05) is 72.5 Å². The van der Waals surface area contributed by atoms with E-state index in [1.165, 1.54) is 40.4 Å². The molecule has 4 rings (SSSR count). The number of fused-ring (bicyclic) bond motifs is 2. The van der Waals surface area contributed by atoms with Gasteiger partial charge in [0.15, 0.2) is 0 Å². The van der Waals surface area contributed by atoms with Gasteiger partial charge in [-0.2, -0.15) is 0 Å². The largest absolute Gasteiger partial charge is 0.358 e. The van der Waals surface area contributed by atoms with Crippen LogP contribution in [-0.2, 0) is 0 Å². The number of anilines is 2. The Bertz CT molecular complexity index is 1060. The van der Waals surface area contributed by atoms with Gasteiger partial charge in [0.1, 0.15) is 0 Å². The second-order valence-electron chi connectivity index (χ2n) is 9.37. The summed E-state index contributed by atoms with van der Waals surface area (Å²) in [6, 6.07) is 17.3. The van der Waals surface area contributed by atoms with Crippen LogP contribution in [-0.4, -0.2) is 51.1 Å². The molecule has 2 heterocycles. The molecule has 0 radical (unpaired) electrons. The summed E-state index contributed by atoms with van der Waals surface area (Å²) in [6.07, 6.45) is 16.6. The molecule has 1 unspecified atom stereocenters. The Kier molecular flexibility index (Phi) is 6.92. The summed E-state index contributed by atoms with van der Waals surface area (Å²) in [5.41, 5.74) is 5.17. The van der Waals surface area contributed by atoms with Crippen molar-refractivity contribution in [3.8, 4) is 0 Å². The highest BCUT2D eigenvalue weighted by atomic mass is 32.2. The number of hydrogen-bond acceptors (Lipinski definition) is 3. The number of nitrogens with zero attached hydrogens (tertiary/aromatic N) is 3. The first kappa shape index (κ1) is 22.5. The van der Waals surface area contributed by atoms with Crippen LogP contribution in [0.4, 0.5) is 11.4 Å². The third-order valence-corrected chi connectivity index (χ3v) is 7.15. The molecule has 0 aliphatic carbocycles. The second-order valence-corrected chi connectivity index (χ2v) is 10.5. The monoisotopic (exact) mass is 444 g/mol. The van der Waals surface area contributed by atoms with E-state index in [0.29, 0.717) is 5.37 Å². The fraction of sp³-hybridized carbons (Fsp3) is 0.286. The maximum atomic E-state index is 2.39. The molecule has 4 heteroatoms. The quantitative estimate of drug-likeness (QED) is 0.372. The van der Waals surface area contributed by atoms with Crippen molar-refractivity contribution in [3.05, 3.63) is 96.8 Å². The first-order valence-corrected chi connectivity index (χ1v) is 12.2. The van der Waals surface area contributed by atoms with Gasteiger partial charge in [-0.3, -0.25) is 0 Å². The van der Waals surface area contributed by atoms with Crippen molar-refractivity contribution in [2.75, 3.05) is 51.1 Å². The van der Waals surface area contributed by atoms with Crippen molar-refractivity contribution in [2.45, 2.75) is 16.7 Å². The average molecular weight is 445 g/mol. The van der Waals surface area contributed by atoms with E-state index in [0.717, 1.165) is 11.0 Å². The van der Waals surface area contributed by atoms with Crippen molar-refractivity contribution in [1.82, 2.24) is 0 Å².